The molecule has 4 nitrogen and oxygen atoms in total. The van der Waals surface area contributed by atoms with Gasteiger partial charge in [-0.1, -0.05) is 13.8 Å². The van der Waals surface area contributed by atoms with Gasteiger partial charge in [0.25, 0.3) is 0 Å². The van der Waals surface area contributed by atoms with Crippen LogP contribution in [0.2, 0.25) is 0 Å². The first-order chi connectivity index (χ1) is 6.57. The first-order valence-electron chi connectivity index (χ1n) is 5.28. The number of sulfonamides is 1. The fourth-order valence-corrected chi connectivity index (χ4v) is 2.22. The molecule has 15 heavy (non-hydrogen) atoms. The average Bonchev–Trinajstić information content (AvgIpc) is 1.98. The molecule has 0 spiro atoms. The Bertz CT molecular complexity index is 281. The van der Waals surface area contributed by atoms with E-state index in [2.05, 4.69) is 4.72 Å². The predicted molar refractivity (Wildman–Crippen MR) is 62.1 cm³/mol. The predicted octanol–water partition coefficient (Wildman–Crippen LogP) is 1.11. The zero-order valence-corrected chi connectivity index (χ0v) is 11.1. The second kappa shape index (κ2) is 5.27. The molecule has 0 amide bonds. The van der Waals surface area contributed by atoms with Crippen LogP contribution in [-0.4, -0.2) is 30.9 Å². The summed E-state index contributed by atoms with van der Waals surface area (Å²) in [5.74, 6) is 0.337. The molecular weight excluding hydrogens is 214 g/mol. The maximum absolute atomic E-state index is 11.4. The highest BCUT2D eigenvalue weighted by Gasteiger charge is 2.25. The normalized spacial score (nSPS) is 17.1. The monoisotopic (exact) mass is 237 g/mol. The quantitative estimate of drug-likeness (QED) is 0.727. The molecule has 5 heteroatoms. The second-order valence-electron chi connectivity index (χ2n) is 5.01. The maximum Gasteiger partial charge on any atom is 0.214 e. The Morgan fingerprint density at radius 2 is 1.73 bits per heavy atom. The Balaban J connectivity index is 4.27. The van der Waals surface area contributed by atoms with Crippen molar-refractivity contribution in [3.05, 3.63) is 0 Å². The Labute approximate surface area is 93.1 Å². The van der Waals surface area contributed by atoms with Gasteiger partial charge < -0.3 is 5.11 Å². The van der Waals surface area contributed by atoms with Crippen LogP contribution in [0.3, 0.4) is 0 Å². The number of hydrogen-bond acceptors (Lipinski definition) is 3. The van der Waals surface area contributed by atoms with Crippen LogP contribution in [-0.2, 0) is 10.0 Å². The van der Waals surface area contributed by atoms with Gasteiger partial charge in [-0.3, -0.25) is 0 Å². The summed E-state index contributed by atoms with van der Waals surface area (Å²) < 4.78 is 25.3. The van der Waals surface area contributed by atoms with Crippen molar-refractivity contribution < 1.29 is 13.5 Å². The summed E-state index contributed by atoms with van der Waals surface area (Å²) in [6.07, 6.45) is 0.577. The van der Waals surface area contributed by atoms with Crippen LogP contribution in [0.4, 0.5) is 0 Å². The number of aliphatic hydroxyl groups is 1. The van der Waals surface area contributed by atoms with Crippen LogP contribution < -0.4 is 4.72 Å². The van der Waals surface area contributed by atoms with Gasteiger partial charge in [0.2, 0.25) is 10.0 Å². The molecular formula is C10H23NO3S. The van der Waals surface area contributed by atoms with E-state index < -0.39 is 20.9 Å². The number of nitrogens with one attached hydrogen (secondary N) is 1. The maximum atomic E-state index is 11.4. The largest absolute Gasteiger partial charge is 0.389 e. The molecule has 0 heterocycles. The lowest BCUT2D eigenvalue weighted by Gasteiger charge is -2.26. The fourth-order valence-electron chi connectivity index (χ4n) is 1.37. The Kier molecular flexibility index (Phi) is 5.23. The van der Waals surface area contributed by atoms with E-state index >= 15 is 0 Å². The van der Waals surface area contributed by atoms with Crippen LogP contribution in [0, 0.1) is 5.92 Å². The van der Waals surface area contributed by atoms with Gasteiger partial charge in [-0.15, -0.1) is 0 Å². The average molecular weight is 237 g/mol. The van der Waals surface area contributed by atoms with Crippen LogP contribution in [0.25, 0.3) is 0 Å². The topological polar surface area (TPSA) is 66.4 Å². The minimum atomic E-state index is -3.28. The lowest BCUT2D eigenvalue weighted by Crippen LogP contribution is -2.43. The molecule has 0 fully saturated rings. The molecule has 0 rings (SSSR count). The highest BCUT2D eigenvalue weighted by atomic mass is 32.2. The summed E-state index contributed by atoms with van der Waals surface area (Å²) in [5.41, 5.74) is -0.976. The fraction of sp³-hybridized carbons (Fsp3) is 1.00. The molecule has 2 N–H and O–H groups in total. The van der Waals surface area contributed by atoms with Crippen molar-refractivity contribution in [1.82, 2.24) is 4.72 Å². The summed E-state index contributed by atoms with van der Waals surface area (Å²) in [4.78, 5) is 0. The van der Waals surface area contributed by atoms with E-state index in [1.54, 1.807) is 20.8 Å². The smallest absolute Gasteiger partial charge is 0.214 e. The van der Waals surface area contributed by atoms with Gasteiger partial charge in [0.1, 0.15) is 0 Å². The molecule has 0 aliphatic rings. The molecule has 0 aliphatic heterocycles. The van der Waals surface area contributed by atoms with Gasteiger partial charge >= 0.3 is 0 Å². The van der Waals surface area contributed by atoms with E-state index in [0.717, 1.165) is 0 Å². The molecule has 92 valence electrons. The van der Waals surface area contributed by atoms with E-state index in [0.29, 0.717) is 12.3 Å². The van der Waals surface area contributed by atoms with Gasteiger partial charge in [0.05, 0.1) is 10.9 Å². The first-order valence-corrected chi connectivity index (χ1v) is 6.82. The van der Waals surface area contributed by atoms with Crippen LogP contribution in [0.5, 0.6) is 0 Å². The van der Waals surface area contributed by atoms with Crippen molar-refractivity contribution in [1.29, 1.82) is 0 Å². The lowest BCUT2D eigenvalue weighted by molar-refractivity contribution is 0.0436. The molecule has 1 atom stereocenters. The van der Waals surface area contributed by atoms with Crippen molar-refractivity contribution in [2.45, 2.75) is 51.9 Å². The standard InChI is InChI=1S/C10H23NO3S/c1-8(2)6-10(5,12)7-11-15(13,14)9(3)4/h8-9,11-12H,6-7H2,1-5H3. The van der Waals surface area contributed by atoms with Gasteiger partial charge in [0, 0.05) is 6.54 Å². The summed E-state index contributed by atoms with van der Waals surface area (Å²) in [5, 5.41) is 9.44. The van der Waals surface area contributed by atoms with E-state index in [1.165, 1.54) is 0 Å². The summed E-state index contributed by atoms with van der Waals surface area (Å²) in [7, 11) is -3.28. The molecule has 0 aromatic carbocycles. The zero-order chi connectivity index (χ0) is 12.3. The minimum Gasteiger partial charge on any atom is -0.389 e. The minimum absolute atomic E-state index is 0.0751. The zero-order valence-electron chi connectivity index (χ0n) is 10.2. The van der Waals surface area contributed by atoms with E-state index in [-0.39, 0.29) is 6.54 Å². The third-order valence-electron chi connectivity index (χ3n) is 2.12. The third-order valence-corrected chi connectivity index (χ3v) is 3.91. The summed E-state index contributed by atoms with van der Waals surface area (Å²) in [6.45, 7) is 8.93. The van der Waals surface area contributed by atoms with Gasteiger partial charge in [-0.2, -0.15) is 0 Å². The Morgan fingerprint density at radius 3 is 2.07 bits per heavy atom. The molecule has 0 bridgehead atoms. The number of hydrogen-bond donors (Lipinski definition) is 2. The van der Waals surface area contributed by atoms with Crippen molar-refractivity contribution in [2.24, 2.45) is 5.92 Å². The van der Waals surface area contributed by atoms with Crippen molar-refractivity contribution >= 4 is 10.0 Å². The van der Waals surface area contributed by atoms with Gasteiger partial charge in [-0.05, 0) is 33.1 Å². The van der Waals surface area contributed by atoms with Gasteiger partial charge in [0.15, 0.2) is 0 Å². The molecule has 0 radical (unpaired) electrons. The van der Waals surface area contributed by atoms with Crippen molar-refractivity contribution in [3.8, 4) is 0 Å². The van der Waals surface area contributed by atoms with Crippen LogP contribution in [0.1, 0.15) is 41.0 Å². The first kappa shape index (κ1) is 14.9. The van der Waals surface area contributed by atoms with Gasteiger partial charge in [-0.25, -0.2) is 13.1 Å². The third kappa shape index (κ3) is 6.12. The van der Waals surface area contributed by atoms with E-state index in [1.807, 2.05) is 13.8 Å². The highest BCUT2D eigenvalue weighted by molar-refractivity contribution is 7.90. The molecule has 0 aromatic heterocycles. The lowest BCUT2D eigenvalue weighted by atomic mass is 9.95. The highest BCUT2D eigenvalue weighted by Crippen LogP contribution is 2.15. The van der Waals surface area contributed by atoms with Crippen LogP contribution in [0.15, 0.2) is 0 Å². The molecule has 1 unspecified atom stereocenters. The molecule has 0 saturated carbocycles. The number of rotatable bonds is 6. The molecule has 0 saturated heterocycles. The SMILES string of the molecule is CC(C)CC(C)(O)CNS(=O)(=O)C(C)C. The molecule has 0 aromatic rings. The van der Waals surface area contributed by atoms with E-state index in [9.17, 15) is 13.5 Å². The van der Waals surface area contributed by atoms with Crippen LogP contribution >= 0.6 is 0 Å². The van der Waals surface area contributed by atoms with Crippen molar-refractivity contribution in [2.75, 3.05) is 6.54 Å². The summed E-state index contributed by atoms with van der Waals surface area (Å²) in [6, 6.07) is 0. The van der Waals surface area contributed by atoms with Crippen molar-refractivity contribution in [3.63, 3.8) is 0 Å². The second-order valence-corrected chi connectivity index (χ2v) is 7.33. The molecule has 0 aliphatic carbocycles. The van der Waals surface area contributed by atoms with E-state index in [4.69, 9.17) is 0 Å². The Morgan fingerprint density at radius 1 is 1.27 bits per heavy atom. The summed E-state index contributed by atoms with van der Waals surface area (Å²) >= 11 is 0. The Hall–Kier alpha value is -0.130.